The SMILES string of the molecule is N#Cc1ccc2c(c1)N(c1ccccc1)c1cc(-c3ccc4c(c3)c3cc(O)ccc3n4-c3ccc(-c4nc(-c5ccccc5)nc(-c5ccccc5)n4)cc3-c3nc(-c4ccccc4)nc(-c4ccccc4)n3)cc3c1B2c1ccc(C#N)cc1N3c1ccccc1. The van der Waals surface area contributed by atoms with Gasteiger partial charge >= 0.3 is 0 Å². The predicted octanol–water partition coefficient (Wildman–Crippen LogP) is 16.4. The zero-order chi connectivity index (χ0) is 62.1. The fourth-order valence-electron chi connectivity index (χ4n) is 13.4. The number of aromatic nitrogens is 7. The van der Waals surface area contributed by atoms with Crippen LogP contribution in [0.3, 0.4) is 0 Å². The van der Waals surface area contributed by atoms with Gasteiger partial charge in [-0.15, -0.1) is 0 Å². The molecule has 0 saturated heterocycles. The fourth-order valence-corrected chi connectivity index (χ4v) is 13.4. The van der Waals surface area contributed by atoms with Gasteiger partial charge in [-0.25, -0.2) is 29.9 Å². The molecule has 1 N–H and O–H groups in total. The van der Waals surface area contributed by atoms with Crippen molar-refractivity contribution < 1.29 is 5.11 Å². The number of aromatic hydroxyl groups is 1. The summed E-state index contributed by atoms with van der Waals surface area (Å²) in [7, 11) is 0. The number of phenolic OH excluding ortho intramolecular Hbond substituents is 1. The van der Waals surface area contributed by atoms with E-state index in [2.05, 4.69) is 105 Å². The molecule has 12 nitrogen and oxygen atoms in total. The lowest BCUT2D eigenvalue weighted by molar-refractivity contribution is 0.476. The molecule has 2 aliphatic heterocycles. The van der Waals surface area contributed by atoms with E-state index in [0.717, 1.165) is 111 Å². The molecule has 13 heteroatoms. The molecule has 0 aliphatic carbocycles. The van der Waals surface area contributed by atoms with Crippen LogP contribution >= 0.6 is 0 Å². The summed E-state index contributed by atoms with van der Waals surface area (Å²) in [6.45, 7) is -0.252. The molecular weight excluding hydrogens is 1140 g/mol. The van der Waals surface area contributed by atoms with Crippen LogP contribution in [-0.4, -0.2) is 46.3 Å². The third-order valence-corrected chi connectivity index (χ3v) is 17.6. The molecule has 0 atom stereocenters. The maximum Gasteiger partial charge on any atom is 0.252 e. The fraction of sp³-hybridized carbons (Fsp3) is 0. The maximum atomic E-state index is 11.6. The van der Waals surface area contributed by atoms with Crippen LogP contribution in [-0.2, 0) is 0 Å². The number of anilines is 6. The summed E-state index contributed by atoms with van der Waals surface area (Å²) >= 11 is 0. The molecule has 2 aliphatic rings. The Balaban J connectivity index is 0.917. The van der Waals surface area contributed by atoms with Crippen molar-refractivity contribution in [2.24, 2.45) is 0 Å². The molecule has 0 amide bonds. The van der Waals surface area contributed by atoms with Crippen molar-refractivity contribution in [1.29, 1.82) is 10.5 Å². The molecule has 15 aromatic rings. The summed E-state index contributed by atoms with van der Waals surface area (Å²) in [6.07, 6.45) is 0. The van der Waals surface area contributed by atoms with Crippen LogP contribution in [0.4, 0.5) is 34.1 Å². The average molecular weight is 1190 g/mol. The predicted molar refractivity (Wildman–Crippen MR) is 371 cm³/mol. The standard InChI is InChI=1S/C80H48BN11O/c82-48-50-31-36-65-70(41-50)90(59-27-15-5-16-28-59)72-45-58(46-73-74(72)81(65)66-37-32-51(49-83)42-71(66)91(73)60-29-17-6-18-30-60)56-33-38-67-62(43-56)63-47-61(93)35-40-68(63)92(67)69-39-34-57(79-86-75(52-19-7-1-8-20-52)84-76(87-79)53-21-9-2-10-22-53)44-64(69)80-88-77(54-23-11-3-12-24-54)85-78(89-80)55-25-13-4-14-26-55/h1-47,93H. The minimum Gasteiger partial charge on any atom is -0.508 e. The van der Waals surface area contributed by atoms with Crippen molar-refractivity contribution in [3.8, 4) is 103 Å². The molecule has 5 heterocycles. The van der Waals surface area contributed by atoms with Gasteiger partial charge in [-0.1, -0.05) is 176 Å². The van der Waals surface area contributed by atoms with E-state index >= 15 is 0 Å². The Bertz CT molecular complexity index is 5320. The molecule has 0 saturated carbocycles. The van der Waals surface area contributed by atoms with Crippen LogP contribution in [0, 0.1) is 22.7 Å². The topological polar surface area (TPSA) is 157 Å². The number of fused-ring (bicyclic) bond motifs is 7. The highest BCUT2D eigenvalue weighted by Crippen LogP contribution is 2.48. The van der Waals surface area contributed by atoms with Gasteiger partial charge in [0.1, 0.15) is 5.75 Å². The van der Waals surface area contributed by atoms with Gasteiger partial charge in [0.15, 0.2) is 34.9 Å². The molecule has 17 rings (SSSR count). The van der Waals surface area contributed by atoms with Gasteiger partial charge in [0.05, 0.1) is 40.0 Å². The number of para-hydroxylation sites is 2. The first-order valence-electron chi connectivity index (χ1n) is 30.5. The molecule has 93 heavy (non-hydrogen) atoms. The van der Waals surface area contributed by atoms with E-state index in [1.165, 1.54) is 0 Å². The van der Waals surface area contributed by atoms with E-state index in [-0.39, 0.29) is 12.5 Å². The zero-order valence-corrected chi connectivity index (χ0v) is 49.6. The largest absolute Gasteiger partial charge is 0.508 e. The first-order valence-corrected chi connectivity index (χ1v) is 30.5. The van der Waals surface area contributed by atoms with Crippen LogP contribution < -0.4 is 26.2 Å². The van der Waals surface area contributed by atoms with Crippen molar-refractivity contribution in [2.75, 3.05) is 9.80 Å². The van der Waals surface area contributed by atoms with E-state index in [9.17, 15) is 15.6 Å². The molecule has 3 aromatic heterocycles. The molecule has 0 unspecified atom stereocenters. The number of phenols is 1. The van der Waals surface area contributed by atoms with E-state index in [0.29, 0.717) is 57.2 Å². The molecule has 0 spiro atoms. The first-order chi connectivity index (χ1) is 45.9. The highest BCUT2D eigenvalue weighted by Gasteiger charge is 2.44. The summed E-state index contributed by atoms with van der Waals surface area (Å²) in [5.74, 6) is 3.06. The second-order valence-electron chi connectivity index (χ2n) is 23.1. The van der Waals surface area contributed by atoms with Crippen molar-refractivity contribution in [1.82, 2.24) is 34.5 Å². The lowest BCUT2D eigenvalue weighted by Gasteiger charge is -2.44. The second kappa shape index (κ2) is 22.2. The number of benzene rings is 12. The van der Waals surface area contributed by atoms with Crippen molar-refractivity contribution in [2.45, 2.75) is 0 Å². The van der Waals surface area contributed by atoms with E-state index in [1.54, 1.807) is 6.07 Å². The van der Waals surface area contributed by atoms with Crippen LogP contribution in [0.25, 0.3) is 107 Å². The number of rotatable bonds is 10. The summed E-state index contributed by atoms with van der Waals surface area (Å²) in [6, 6.07) is 100. The van der Waals surface area contributed by atoms with Crippen LogP contribution in [0.2, 0.25) is 0 Å². The lowest BCUT2D eigenvalue weighted by atomic mass is 9.33. The second-order valence-corrected chi connectivity index (χ2v) is 23.1. The normalized spacial score (nSPS) is 12.0. The monoisotopic (exact) mass is 1190 g/mol. The minimum atomic E-state index is -0.252. The summed E-state index contributed by atoms with van der Waals surface area (Å²) in [5, 5.41) is 34.2. The highest BCUT2D eigenvalue weighted by molar-refractivity contribution is 7.00. The molecule has 432 valence electrons. The molecule has 0 bridgehead atoms. The van der Waals surface area contributed by atoms with Gasteiger partial charge < -0.3 is 19.5 Å². The lowest BCUT2D eigenvalue weighted by Crippen LogP contribution is -2.61. The van der Waals surface area contributed by atoms with Gasteiger partial charge in [-0.2, -0.15) is 10.5 Å². The molecule has 0 fully saturated rings. The van der Waals surface area contributed by atoms with Crippen LogP contribution in [0.5, 0.6) is 5.75 Å². The number of nitriles is 2. The Kier molecular flexibility index (Phi) is 12.9. The summed E-state index contributed by atoms with van der Waals surface area (Å²) < 4.78 is 2.22. The number of hydrogen-bond acceptors (Lipinski definition) is 11. The van der Waals surface area contributed by atoms with Crippen molar-refractivity contribution in [3.05, 3.63) is 296 Å². The van der Waals surface area contributed by atoms with Crippen molar-refractivity contribution >= 4 is 79.0 Å². The van der Waals surface area contributed by atoms with E-state index < -0.39 is 0 Å². The molecule has 0 radical (unpaired) electrons. The molecular formula is C80H48BN11O. The van der Waals surface area contributed by atoms with Gasteiger partial charge in [-0.3, -0.25) is 0 Å². The maximum absolute atomic E-state index is 11.6. The Morgan fingerprint density at radius 1 is 0.312 bits per heavy atom. The number of nitrogens with zero attached hydrogens (tertiary/aromatic N) is 11. The van der Waals surface area contributed by atoms with E-state index in [4.69, 9.17) is 29.9 Å². The Morgan fingerprint density at radius 2 is 0.710 bits per heavy atom. The summed E-state index contributed by atoms with van der Waals surface area (Å²) in [5.41, 5.74) is 18.9. The Labute approximate surface area is 535 Å². The molecule has 12 aromatic carbocycles. The average Bonchev–Trinajstić information content (AvgIpc) is 0.840. The third kappa shape index (κ3) is 9.31. The smallest absolute Gasteiger partial charge is 0.252 e. The zero-order valence-electron chi connectivity index (χ0n) is 49.6. The van der Waals surface area contributed by atoms with Crippen LogP contribution in [0.1, 0.15) is 11.1 Å². The Hall–Kier alpha value is -13.1. The van der Waals surface area contributed by atoms with Gasteiger partial charge in [0.25, 0.3) is 6.71 Å². The van der Waals surface area contributed by atoms with Gasteiger partial charge in [0.2, 0.25) is 0 Å². The van der Waals surface area contributed by atoms with E-state index in [1.807, 2.05) is 200 Å². The minimum absolute atomic E-state index is 0.116. The van der Waals surface area contributed by atoms with Gasteiger partial charge in [-0.05, 0) is 137 Å². The summed E-state index contributed by atoms with van der Waals surface area (Å²) in [4.78, 5) is 35.8. The Morgan fingerprint density at radius 3 is 1.16 bits per heavy atom. The van der Waals surface area contributed by atoms with Crippen molar-refractivity contribution in [3.63, 3.8) is 0 Å². The van der Waals surface area contributed by atoms with Crippen LogP contribution in [0.15, 0.2) is 285 Å². The third-order valence-electron chi connectivity index (χ3n) is 17.6. The quantitative estimate of drug-likeness (QED) is 0.130. The first kappa shape index (κ1) is 54.1. The highest BCUT2D eigenvalue weighted by atomic mass is 16.3. The van der Waals surface area contributed by atoms with Gasteiger partial charge in [0, 0.05) is 78.3 Å². The number of hydrogen-bond donors (Lipinski definition) is 1.